The van der Waals surface area contributed by atoms with Crippen molar-refractivity contribution in [3.63, 3.8) is 0 Å². The molecule has 0 atom stereocenters. The zero-order valence-corrected chi connectivity index (χ0v) is 12.5. The predicted octanol–water partition coefficient (Wildman–Crippen LogP) is 2.73. The van der Waals surface area contributed by atoms with Crippen LogP contribution in [0.1, 0.15) is 34.1 Å². The normalized spacial score (nSPS) is 20.7. The Morgan fingerprint density at radius 1 is 1.44 bits per heavy atom. The van der Waals surface area contributed by atoms with Crippen molar-refractivity contribution in [1.82, 2.24) is 10.2 Å². The van der Waals surface area contributed by atoms with Gasteiger partial charge in [0.2, 0.25) is 0 Å². The van der Waals surface area contributed by atoms with Gasteiger partial charge in [0.25, 0.3) is 0 Å². The predicted molar refractivity (Wildman–Crippen MR) is 78.2 cm³/mol. The fourth-order valence-corrected chi connectivity index (χ4v) is 2.99. The van der Waals surface area contributed by atoms with E-state index < -0.39 is 0 Å². The van der Waals surface area contributed by atoms with Crippen LogP contribution in [0.3, 0.4) is 0 Å². The average molecular weight is 260 g/mol. The number of nitrogens with zero attached hydrogens (tertiary/aromatic N) is 1. The van der Waals surface area contributed by atoms with E-state index in [4.69, 9.17) is 12.2 Å². The quantitative estimate of drug-likeness (QED) is 0.768. The highest BCUT2D eigenvalue weighted by Gasteiger charge is 2.24. The zero-order valence-electron chi connectivity index (χ0n) is 10.9. The maximum Gasteiger partial charge on any atom is 0.168 e. The van der Waals surface area contributed by atoms with Gasteiger partial charge in [-0.2, -0.15) is 11.8 Å². The molecule has 1 aliphatic heterocycles. The highest BCUT2D eigenvalue weighted by Crippen LogP contribution is 2.30. The van der Waals surface area contributed by atoms with Gasteiger partial charge >= 0.3 is 0 Å². The third-order valence-electron chi connectivity index (χ3n) is 2.79. The first-order valence-electron chi connectivity index (χ1n) is 6.07. The minimum atomic E-state index is 0.405. The molecule has 0 spiro atoms. The highest BCUT2D eigenvalue weighted by atomic mass is 32.2. The Morgan fingerprint density at radius 3 is 2.75 bits per heavy atom. The van der Waals surface area contributed by atoms with Gasteiger partial charge < -0.3 is 10.2 Å². The molecule has 1 fully saturated rings. The van der Waals surface area contributed by atoms with Crippen LogP contribution in [-0.2, 0) is 0 Å². The van der Waals surface area contributed by atoms with E-state index in [1.54, 1.807) is 0 Å². The van der Waals surface area contributed by atoms with E-state index >= 15 is 0 Å². The van der Waals surface area contributed by atoms with Gasteiger partial charge in [-0.3, -0.25) is 0 Å². The van der Waals surface area contributed by atoms with Gasteiger partial charge in [-0.25, -0.2) is 0 Å². The molecule has 0 bridgehead atoms. The molecule has 0 amide bonds. The summed E-state index contributed by atoms with van der Waals surface area (Å²) >= 11 is 7.49. The summed E-state index contributed by atoms with van der Waals surface area (Å²) in [6.07, 6.45) is 1.21. The minimum absolute atomic E-state index is 0.405. The van der Waals surface area contributed by atoms with Crippen LogP contribution in [0.4, 0.5) is 0 Å². The number of nitrogens with one attached hydrogen (secondary N) is 1. The van der Waals surface area contributed by atoms with E-state index in [9.17, 15) is 0 Å². The Balaban J connectivity index is 2.39. The lowest BCUT2D eigenvalue weighted by Crippen LogP contribution is -2.42. The van der Waals surface area contributed by atoms with Crippen LogP contribution in [0.5, 0.6) is 0 Å². The molecule has 16 heavy (non-hydrogen) atoms. The second kappa shape index (κ2) is 6.10. The van der Waals surface area contributed by atoms with E-state index in [0.717, 1.165) is 24.7 Å². The first-order chi connectivity index (χ1) is 7.41. The Bertz CT molecular complexity index is 239. The lowest BCUT2D eigenvalue weighted by molar-refractivity contribution is 0.412. The van der Waals surface area contributed by atoms with Crippen molar-refractivity contribution in [1.29, 1.82) is 0 Å². The molecular formula is C12H24N2S2. The summed E-state index contributed by atoms with van der Waals surface area (Å²) in [6, 6.07) is 0. The van der Waals surface area contributed by atoms with Crippen molar-refractivity contribution in [2.45, 2.75) is 38.9 Å². The molecule has 1 heterocycles. The molecule has 0 saturated carbocycles. The summed E-state index contributed by atoms with van der Waals surface area (Å²) < 4.78 is 0.405. The van der Waals surface area contributed by atoms with E-state index in [-0.39, 0.29) is 0 Å². The van der Waals surface area contributed by atoms with Gasteiger partial charge in [0.05, 0.1) is 0 Å². The van der Waals surface area contributed by atoms with Crippen LogP contribution in [0, 0.1) is 5.92 Å². The van der Waals surface area contributed by atoms with Gasteiger partial charge in [0.15, 0.2) is 5.11 Å². The molecular weight excluding hydrogens is 236 g/mol. The van der Waals surface area contributed by atoms with Crippen molar-refractivity contribution < 1.29 is 0 Å². The Morgan fingerprint density at radius 2 is 2.12 bits per heavy atom. The number of rotatable bonds is 2. The van der Waals surface area contributed by atoms with Crippen LogP contribution < -0.4 is 5.32 Å². The van der Waals surface area contributed by atoms with E-state index in [1.165, 1.54) is 12.2 Å². The van der Waals surface area contributed by atoms with Crippen LogP contribution >= 0.6 is 24.0 Å². The molecule has 0 aromatic heterocycles. The third kappa shape index (κ3) is 4.91. The van der Waals surface area contributed by atoms with E-state index in [0.29, 0.717) is 10.7 Å². The summed E-state index contributed by atoms with van der Waals surface area (Å²) in [5, 5.41) is 4.29. The summed E-state index contributed by atoms with van der Waals surface area (Å²) in [4.78, 5) is 2.32. The van der Waals surface area contributed by atoms with Crippen molar-refractivity contribution >= 4 is 29.1 Å². The van der Waals surface area contributed by atoms with E-state index in [1.807, 2.05) is 0 Å². The fourth-order valence-electron chi connectivity index (χ4n) is 1.63. The average Bonchev–Trinajstić information content (AvgIpc) is 2.35. The molecule has 0 unspecified atom stereocenters. The standard InChI is InChI=1S/C12H24N2S2/c1-10(2)9-13-11(15)14-6-5-12(3,4)16-8-7-14/h10H,5-9H2,1-4H3,(H,13,15). The van der Waals surface area contributed by atoms with Gasteiger partial charge in [-0.15, -0.1) is 0 Å². The van der Waals surface area contributed by atoms with Crippen molar-refractivity contribution in [3.8, 4) is 0 Å². The lowest BCUT2D eigenvalue weighted by Gasteiger charge is -2.25. The molecule has 1 saturated heterocycles. The Kier molecular flexibility index (Phi) is 5.38. The molecule has 1 rings (SSSR count). The number of thioether (sulfide) groups is 1. The van der Waals surface area contributed by atoms with Gasteiger partial charge in [-0.1, -0.05) is 27.7 Å². The molecule has 2 nitrogen and oxygen atoms in total. The van der Waals surface area contributed by atoms with Gasteiger partial charge in [0.1, 0.15) is 0 Å². The van der Waals surface area contributed by atoms with Crippen LogP contribution in [0.25, 0.3) is 0 Å². The summed E-state index contributed by atoms with van der Waals surface area (Å²) in [5.74, 6) is 1.83. The molecule has 1 aliphatic rings. The summed E-state index contributed by atoms with van der Waals surface area (Å²) in [7, 11) is 0. The van der Waals surface area contributed by atoms with Crippen LogP contribution in [0.2, 0.25) is 0 Å². The van der Waals surface area contributed by atoms with Crippen LogP contribution in [0.15, 0.2) is 0 Å². The molecule has 1 N–H and O–H groups in total. The Labute approximate surface area is 110 Å². The second-order valence-corrected chi connectivity index (χ2v) is 7.61. The maximum atomic E-state index is 5.43. The summed E-state index contributed by atoms with van der Waals surface area (Å²) in [5.41, 5.74) is 0. The number of hydrogen-bond donors (Lipinski definition) is 1. The topological polar surface area (TPSA) is 15.3 Å². The molecule has 0 radical (unpaired) electrons. The maximum absolute atomic E-state index is 5.43. The SMILES string of the molecule is CC(C)CNC(=S)N1CCSC(C)(C)CC1. The van der Waals surface area contributed by atoms with Crippen molar-refractivity contribution in [2.75, 3.05) is 25.4 Å². The molecule has 94 valence electrons. The molecule has 0 aromatic rings. The van der Waals surface area contributed by atoms with Gasteiger partial charge in [-0.05, 0) is 24.6 Å². The molecule has 4 heteroatoms. The second-order valence-electron chi connectivity index (χ2n) is 5.43. The largest absolute Gasteiger partial charge is 0.362 e. The first-order valence-corrected chi connectivity index (χ1v) is 7.47. The first kappa shape index (κ1) is 14.1. The number of hydrogen-bond acceptors (Lipinski definition) is 2. The van der Waals surface area contributed by atoms with Crippen molar-refractivity contribution in [3.05, 3.63) is 0 Å². The third-order valence-corrected chi connectivity index (χ3v) is 4.56. The molecule has 0 aromatic carbocycles. The fraction of sp³-hybridized carbons (Fsp3) is 0.917. The molecule has 0 aliphatic carbocycles. The lowest BCUT2D eigenvalue weighted by atomic mass is 10.1. The van der Waals surface area contributed by atoms with Gasteiger partial charge in [0, 0.05) is 30.1 Å². The number of thiocarbonyl (C=S) groups is 1. The smallest absolute Gasteiger partial charge is 0.168 e. The minimum Gasteiger partial charge on any atom is -0.362 e. The zero-order chi connectivity index (χ0) is 12.2. The van der Waals surface area contributed by atoms with E-state index in [2.05, 4.69) is 49.7 Å². The Hall–Kier alpha value is 0.0400. The van der Waals surface area contributed by atoms with Crippen LogP contribution in [-0.4, -0.2) is 40.1 Å². The summed E-state index contributed by atoms with van der Waals surface area (Å²) in [6.45, 7) is 12.2. The van der Waals surface area contributed by atoms with Crippen molar-refractivity contribution in [2.24, 2.45) is 5.92 Å². The highest BCUT2D eigenvalue weighted by molar-refractivity contribution is 8.00. The monoisotopic (exact) mass is 260 g/mol.